The molecule has 9 heteroatoms. The van der Waals surface area contributed by atoms with Crippen LogP contribution in [0.4, 0.5) is 0 Å². The molecule has 1 aliphatic heterocycles. The molecule has 1 fully saturated rings. The Balaban J connectivity index is 1.67. The number of nitrogens with two attached hydrogens (primary N) is 1. The minimum Gasteiger partial charge on any atom is -0.404 e. The SMILES string of the molecule is CC(C)N=C/C(=C\N)c1cc2c(-c3cc(=O)n(C)cc3-c3cccc(CN4CCOCC4)c3)cn(C)c(=O)c2[nH]1. The van der Waals surface area contributed by atoms with Crippen LogP contribution >= 0.6 is 0 Å². The second-order valence-corrected chi connectivity index (χ2v) is 10.6. The number of aromatic nitrogens is 3. The first-order valence-electron chi connectivity index (χ1n) is 13.5. The molecule has 208 valence electrons. The van der Waals surface area contributed by atoms with E-state index >= 15 is 0 Å². The van der Waals surface area contributed by atoms with Crippen LogP contribution < -0.4 is 16.9 Å². The van der Waals surface area contributed by atoms with Gasteiger partial charge in [-0.3, -0.25) is 19.5 Å². The summed E-state index contributed by atoms with van der Waals surface area (Å²) in [4.78, 5) is 36.2. The van der Waals surface area contributed by atoms with Gasteiger partial charge in [0.2, 0.25) is 0 Å². The maximum atomic E-state index is 13.2. The number of rotatable bonds is 7. The quantitative estimate of drug-likeness (QED) is 0.349. The molecule has 0 radical (unpaired) electrons. The number of aliphatic imine (C=N–C) groups is 1. The van der Waals surface area contributed by atoms with Crippen LogP contribution in [0.2, 0.25) is 0 Å². The second-order valence-electron chi connectivity index (χ2n) is 10.6. The summed E-state index contributed by atoms with van der Waals surface area (Å²) in [5, 5.41) is 0.717. The number of morpholine rings is 1. The highest BCUT2D eigenvalue weighted by Crippen LogP contribution is 2.35. The summed E-state index contributed by atoms with van der Waals surface area (Å²) in [6.45, 7) is 8.10. The highest BCUT2D eigenvalue weighted by molar-refractivity contribution is 6.11. The lowest BCUT2D eigenvalue weighted by molar-refractivity contribution is 0.0342. The van der Waals surface area contributed by atoms with Crippen LogP contribution in [0.5, 0.6) is 0 Å². The molecule has 0 unspecified atom stereocenters. The summed E-state index contributed by atoms with van der Waals surface area (Å²) in [5.74, 6) is 0. The van der Waals surface area contributed by atoms with Gasteiger partial charge < -0.3 is 24.6 Å². The Morgan fingerprint density at radius 2 is 1.80 bits per heavy atom. The van der Waals surface area contributed by atoms with Gasteiger partial charge in [0.15, 0.2) is 0 Å². The molecule has 5 rings (SSSR count). The zero-order valence-electron chi connectivity index (χ0n) is 23.5. The van der Waals surface area contributed by atoms with E-state index in [1.165, 1.54) is 11.8 Å². The number of nitrogens with one attached hydrogen (secondary N) is 1. The topological polar surface area (TPSA) is 111 Å². The van der Waals surface area contributed by atoms with Gasteiger partial charge in [-0.1, -0.05) is 18.2 Å². The third kappa shape index (κ3) is 5.57. The molecule has 0 bridgehead atoms. The Bertz CT molecular complexity index is 1720. The van der Waals surface area contributed by atoms with Crippen LogP contribution in [0.25, 0.3) is 38.7 Å². The Kier molecular flexibility index (Phi) is 7.86. The van der Waals surface area contributed by atoms with Crippen LogP contribution in [-0.4, -0.2) is 57.6 Å². The molecule has 4 aromatic rings. The average molecular weight is 541 g/mol. The van der Waals surface area contributed by atoms with Crippen molar-refractivity contribution in [2.75, 3.05) is 26.3 Å². The van der Waals surface area contributed by atoms with Gasteiger partial charge in [-0.2, -0.15) is 0 Å². The van der Waals surface area contributed by atoms with Crippen molar-refractivity contribution in [3.63, 3.8) is 0 Å². The predicted octanol–water partition coefficient (Wildman–Crippen LogP) is 3.51. The lowest BCUT2D eigenvalue weighted by Gasteiger charge is -2.26. The number of pyridine rings is 2. The van der Waals surface area contributed by atoms with Gasteiger partial charge in [0.05, 0.1) is 13.2 Å². The molecule has 4 heterocycles. The number of aromatic amines is 1. The lowest BCUT2D eigenvalue weighted by atomic mass is 9.94. The van der Waals surface area contributed by atoms with E-state index in [1.807, 2.05) is 26.1 Å². The number of benzene rings is 1. The summed E-state index contributed by atoms with van der Waals surface area (Å²) in [6.07, 6.45) is 6.86. The van der Waals surface area contributed by atoms with E-state index in [0.29, 0.717) is 16.8 Å². The summed E-state index contributed by atoms with van der Waals surface area (Å²) in [7, 11) is 3.47. The van der Waals surface area contributed by atoms with Crippen molar-refractivity contribution in [2.24, 2.45) is 24.8 Å². The zero-order valence-corrected chi connectivity index (χ0v) is 23.5. The number of hydrogen-bond donors (Lipinski definition) is 2. The summed E-state index contributed by atoms with van der Waals surface area (Å²) >= 11 is 0. The molecule has 0 aliphatic carbocycles. The third-order valence-corrected chi connectivity index (χ3v) is 7.23. The van der Waals surface area contributed by atoms with Gasteiger partial charge in [0.25, 0.3) is 11.1 Å². The number of ether oxygens (including phenoxy) is 1. The van der Waals surface area contributed by atoms with E-state index < -0.39 is 0 Å². The van der Waals surface area contributed by atoms with Crippen molar-refractivity contribution in [3.8, 4) is 22.3 Å². The highest BCUT2D eigenvalue weighted by atomic mass is 16.5. The first kappa shape index (κ1) is 27.4. The molecular weight excluding hydrogens is 504 g/mol. The molecule has 3 aromatic heterocycles. The highest BCUT2D eigenvalue weighted by Gasteiger charge is 2.19. The molecule has 9 nitrogen and oxygen atoms in total. The molecule has 1 aliphatic rings. The molecule has 0 atom stereocenters. The van der Waals surface area contributed by atoms with Crippen LogP contribution in [0.3, 0.4) is 0 Å². The number of fused-ring (bicyclic) bond motifs is 1. The summed E-state index contributed by atoms with van der Waals surface area (Å²) in [6, 6.07) is 12.1. The van der Waals surface area contributed by atoms with Gasteiger partial charge in [-0.25, -0.2) is 0 Å². The lowest BCUT2D eigenvalue weighted by Crippen LogP contribution is -2.35. The van der Waals surface area contributed by atoms with E-state index in [1.54, 1.807) is 41.7 Å². The maximum Gasteiger partial charge on any atom is 0.274 e. The Morgan fingerprint density at radius 3 is 2.52 bits per heavy atom. The standard InChI is InChI=1S/C31H36N6O3/c1-20(2)33-16-23(15-32)28-13-25-27(19-36(4)31(39)30(25)34-28)24-14-29(38)35(3)18-26(24)22-7-5-6-21(12-22)17-37-8-10-40-11-9-37/h5-7,12-16,18-20,34H,8-11,17,32H2,1-4H3/b23-15+,33-16?. The molecule has 3 N–H and O–H groups in total. The number of allylic oxidation sites excluding steroid dienone is 1. The molecule has 0 saturated carbocycles. The predicted molar refractivity (Wildman–Crippen MR) is 162 cm³/mol. The third-order valence-electron chi connectivity index (χ3n) is 7.23. The molecular formula is C31H36N6O3. The first-order valence-corrected chi connectivity index (χ1v) is 13.5. The smallest absolute Gasteiger partial charge is 0.274 e. The molecule has 0 spiro atoms. The maximum absolute atomic E-state index is 13.2. The van der Waals surface area contributed by atoms with Crippen molar-refractivity contribution in [2.45, 2.75) is 26.4 Å². The van der Waals surface area contributed by atoms with E-state index in [4.69, 9.17) is 10.5 Å². The van der Waals surface area contributed by atoms with Crippen LogP contribution in [-0.2, 0) is 25.4 Å². The van der Waals surface area contributed by atoms with Crippen LogP contribution in [0, 0.1) is 0 Å². The Hall–Kier alpha value is -4.21. The number of aryl methyl sites for hydroxylation is 2. The van der Waals surface area contributed by atoms with Gasteiger partial charge >= 0.3 is 0 Å². The largest absolute Gasteiger partial charge is 0.404 e. The average Bonchev–Trinajstić information content (AvgIpc) is 3.38. The molecule has 1 aromatic carbocycles. The summed E-state index contributed by atoms with van der Waals surface area (Å²) < 4.78 is 8.64. The van der Waals surface area contributed by atoms with Crippen LogP contribution in [0.15, 0.2) is 69.6 Å². The van der Waals surface area contributed by atoms with Gasteiger partial charge in [-0.05, 0) is 42.7 Å². The van der Waals surface area contributed by atoms with Crippen molar-refractivity contribution in [1.82, 2.24) is 19.0 Å². The monoisotopic (exact) mass is 540 g/mol. The van der Waals surface area contributed by atoms with Crippen molar-refractivity contribution >= 4 is 22.7 Å². The van der Waals surface area contributed by atoms with E-state index in [2.05, 4.69) is 39.1 Å². The first-order chi connectivity index (χ1) is 19.2. The number of nitrogens with zero attached hydrogens (tertiary/aromatic N) is 4. The van der Waals surface area contributed by atoms with Crippen molar-refractivity contribution in [1.29, 1.82) is 0 Å². The van der Waals surface area contributed by atoms with Crippen LogP contribution in [0.1, 0.15) is 25.1 Å². The normalized spacial score (nSPS) is 15.1. The minimum absolute atomic E-state index is 0.102. The fourth-order valence-electron chi connectivity index (χ4n) is 5.07. The number of hydrogen-bond acceptors (Lipinski definition) is 6. The fourth-order valence-corrected chi connectivity index (χ4v) is 5.07. The molecule has 40 heavy (non-hydrogen) atoms. The zero-order chi connectivity index (χ0) is 28.4. The molecule has 1 saturated heterocycles. The van der Waals surface area contributed by atoms with Crippen molar-refractivity contribution < 1.29 is 4.74 Å². The summed E-state index contributed by atoms with van der Waals surface area (Å²) in [5.41, 5.74) is 12.1. The van der Waals surface area contributed by atoms with E-state index in [-0.39, 0.29) is 17.2 Å². The molecule has 0 amide bonds. The van der Waals surface area contributed by atoms with Crippen molar-refractivity contribution in [3.05, 3.63) is 87.0 Å². The number of H-pyrrole nitrogens is 1. The fraction of sp³-hybridized carbons (Fsp3) is 0.323. The van der Waals surface area contributed by atoms with Gasteiger partial charge in [-0.15, -0.1) is 0 Å². The Labute approximate surface area is 233 Å². The van der Waals surface area contributed by atoms with Gasteiger partial charge in [0, 0.05) is 98.4 Å². The van der Waals surface area contributed by atoms with E-state index in [0.717, 1.165) is 60.5 Å². The second kappa shape index (κ2) is 11.5. The van der Waals surface area contributed by atoms with Gasteiger partial charge in [0.1, 0.15) is 5.52 Å². The minimum atomic E-state index is -0.167. The Morgan fingerprint density at radius 1 is 1.05 bits per heavy atom. The van der Waals surface area contributed by atoms with E-state index in [9.17, 15) is 9.59 Å².